The van der Waals surface area contributed by atoms with E-state index in [1.807, 2.05) is 38.1 Å². The van der Waals surface area contributed by atoms with Gasteiger partial charge in [-0.3, -0.25) is 4.79 Å². The van der Waals surface area contributed by atoms with E-state index < -0.39 is 12.1 Å². The van der Waals surface area contributed by atoms with Crippen molar-refractivity contribution in [2.24, 2.45) is 5.92 Å². The molecule has 7 nitrogen and oxygen atoms in total. The second kappa shape index (κ2) is 8.70. The summed E-state index contributed by atoms with van der Waals surface area (Å²) in [5, 5.41) is 13.7. The summed E-state index contributed by atoms with van der Waals surface area (Å²) in [6.45, 7) is 4.27. The molecule has 31 heavy (non-hydrogen) atoms. The molecular formula is C23H25BrN4O3. The minimum atomic E-state index is -1.19. The molecule has 0 radical (unpaired) electrons. The number of halogens is 1. The molecule has 8 heteroatoms. The highest BCUT2D eigenvalue weighted by molar-refractivity contribution is 9.10. The number of nitrogens with one attached hydrogen (secondary N) is 2. The van der Waals surface area contributed by atoms with Crippen LogP contribution in [0.4, 0.5) is 4.79 Å². The molecule has 0 saturated carbocycles. The number of hydrogen-bond acceptors (Lipinski definition) is 3. The van der Waals surface area contributed by atoms with Crippen molar-refractivity contribution in [1.82, 2.24) is 20.2 Å². The number of aromatic amines is 1. The maximum absolute atomic E-state index is 13.1. The number of rotatable bonds is 5. The molecule has 2 aromatic carbocycles. The van der Waals surface area contributed by atoms with Gasteiger partial charge >= 0.3 is 6.09 Å². The smallest absolute Gasteiger partial charge is 0.405 e. The molecule has 0 spiro atoms. The van der Waals surface area contributed by atoms with Crippen molar-refractivity contribution >= 4 is 38.7 Å². The first-order valence-electron chi connectivity index (χ1n) is 10.4. The molecule has 1 aromatic heterocycles. The van der Waals surface area contributed by atoms with Gasteiger partial charge in [-0.05, 0) is 35.6 Å². The lowest BCUT2D eigenvalue weighted by Crippen LogP contribution is -2.50. The monoisotopic (exact) mass is 484 g/mol. The van der Waals surface area contributed by atoms with Gasteiger partial charge in [0.1, 0.15) is 11.9 Å². The van der Waals surface area contributed by atoms with Crippen molar-refractivity contribution in [2.45, 2.75) is 38.8 Å². The zero-order valence-electron chi connectivity index (χ0n) is 17.4. The number of likely N-dealkylation sites (tertiary alicyclic amines) is 1. The van der Waals surface area contributed by atoms with E-state index in [4.69, 9.17) is 5.11 Å². The Morgan fingerprint density at radius 2 is 1.97 bits per heavy atom. The van der Waals surface area contributed by atoms with Gasteiger partial charge in [0.15, 0.2) is 0 Å². The number of amides is 2. The van der Waals surface area contributed by atoms with Crippen molar-refractivity contribution in [1.29, 1.82) is 0 Å². The van der Waals surface area contributed by atoms with E-state index in [9.17, 15) is 9.59 Å². The Morgan fingerprint density at radius 1 is 1.23 bits per heavy atom. The van der Waals surface area contributed by atoms with Gasteiger partial charge in [-0.1, -0.05) is 60.1 Å². The number of hydrogen-bond donors (Lipinski definition) is 3. The Labute approximate surface area is 189 Å². The van der Waals surface area contributed by atoms with E-state index in [-0.39, 0.29) is 17.9 Å². The second-order valence-corrected chi connectivity index (χ2v) is 9.04. The van der Waals surface area contributed by atoms with Crippen LogP contribution >= 0.6 is 15.9 Å². The lowest BCUT2D eigenvalue weighted by Gasteiger charge is -2.29. The van der Waals surface area contributed by atoms with Gasteiger partial charge in [-0.15, -0.1) is 0 Å². The summed E-state index contributed by atoms with van der Waals surface area (Å²) < 4.78 is 1.03. The predicted molar refractivity (Wildman–Crippen MR) is 123 cm³/mol. The minimum absolute atomic E-state index is 0.147. The van der Waals surface area contributed by atoms with Gasteiger partial charge in [0.2, 0.25) is 5.91 Å². The number of H-pyrrole nitrogens is 1. The molecule has 3 aromatic rings. The quantitative estimate of drug-likeness (QED) is 0.477. The molecule has 2 unspecified atom stereocenters. The van der Waals surface area contributed by atoms with E-state index in [2.05, 4.69) is 43.3 Å². The molecule has 2 heterocycles. The number of carbonyl (C=O) groups is 2. The van der Waals surface area contributed by atoms with Gasteiger partial charge in [-0.2, -0.15) is 0 Å². The normalized spacial score (nSPS) is 17.3. The highest BCUT2D eigenvalue weighted by Gasteiger charge is 2.37. The van der Waals surface area contributed by atoms with Crippen LogP contribution in [-0.4, -0.2) is 44.6 Å². The predicted octanol–water partition coefficient (Wildman–Crippen LogP) is 4.95. The van der Waals surface area contributed by atoms with Crippen LogP contribution < -0.4 is 5.32 Å². The van der Waals surface area contributed by atoms with Crippen LogP contribution in [0.25, 0.3) is 22.0 Å². The molecule has 2 amide bonds. The third-order valence-electron chi connectivity index (χ3n) is 5.82. The summed E-state index contributed by atoms with van der Waals surface area (Å²) in [4.78, 5) is 34.1. The number of imidazole rings is 1. The third-order valence-corrected chi connectivity index (χ3v) is 6.51. The van der Waals surface area contributed by atoms with Gasteiger partial charge < -0.3 is 20.3 Å². The molecule has 0 aliphatic carbocycles. The Hall–Kier alpha value is -2.87. The topological polar surface area (TPSA) is 98.3 Å². The first-order chi connectivity index (χ1) is 14.9. The highest BCUT2D eigenvalue weighted by Crippen LogP contribution is 2.35. The Bertz CT molecular complexity index is 1130. The van der Waals surface area contributed by atoms with Gasteiger partial charge in [-0.25, -0.2) is 9.78 Å². The fourth-order valence-electron chi connectivity index (χ4n) is 4.28. The third kappa shape index (κ3) is 4.17. The molecule has 1 saturated heterocycles. The molecule has 1 aliphatic rings. The van der Waals surface area contributed by atoms with Gasteiger partial charge in [0, 0.05) is 16.6 Å². The van der Waals surface area contributed by atoms with Crippen molar-refractivity contribution in [3.8, 4) is 11.3 Å². The fraction of sp³-hybridized carbons (Fsp3) is 0.348. The van der Waals surface area contributed by atoms with Crippen molar-refractivity contribution in [2.75, 3.05) is 6.54 Å². The average Bonchev–Trinajstić information content (AvgIpc) is 3.41. The highest BCUT2D eigenvalue weighted by atomic mass is 79.9. The summed E-state index contributed by atoms with van der Waals surface area (Å²) in [6.07, 6.45) is 2.26. The average molecular weight is 485 g/mol. The number of carbonyl (C=O) groups excluding carboxylic acids is 1. The molecule has 1 aliphatic heterocycles. The summed E-state index contributed by atoms with van der Waals surface area (Å²) in [6, 6.07) is 11.3. The molecular weight excluding hydrogens is 460 g/mol. The maximum atomic E-state index is 13.1. The lowest BCUT2D eigenvalue weighted by atomic mass is 10.0. The zero-order chi connectivity index (χ0) is 22.1. The number of fused-ring (bicyclic) bond motifs is 1. The maximum Gasteiger partial charge on any atom is 0.405 e. The minimum Gasteiger partial charge on any atom is -0.465 e. The molecule has 1 fully saturated rings. The van der Waals surface area contributed by atoms with Crippen LogP contribution in [0.2, 0.25) is 0 Å². The number of carboxylic acid groups (broad SMARTS) is 1. The number of nitrogens with zero attached hydrogens (tertiary/aromatic N) is 2. The van der Waals surface area contributed by atoms with E-state index in [1.54, 1.807) is 11.1 Å². The van der Waals surface area contributed by atoms with Gasteiger partial charge in [0.25, 0.3) is 0 Å². The van der Waals surface area contributed by atoms with Crippen molar-refractivity contribution in [3.05, 3.63) is 52.9 Å². The zero-order valence-corrected chi connectivity index (χ0v) is 19.0. The summed E-state index contributed by atoms with van der Waals surface area (Å²) in [7, 11) is 0. The van der Waals surface area contributed by atoms with E-state index in [0.29, 0.717) is 6.54 Å². The van der Waals surface area contributed by atoms with Crippen molar-refractivity contribution in [3.63, 3.8) is 0 Å². The largest absolute Gasteiger partial charge is 0.465 e. The van der Waals surface area contributed by atoms with Crippen LogP contribution in [0.1, 0.15) is 38.6 Å². The Kier molecular flexibility index (Phi) is 6.00. The van der Waals surface area contributed by atoms with Crippen LogP contribution in [0.15, 0.2) is 47.1 Å². The second-order valence-electron chi connectivity index (χ2n) is 8.18. The molecule has 4 rings (SSSR count). The first kappa shape index (κ1) is 21.4. The SMILES string of the molecule is CC(C)C(NC(=O)O)C(=O)N1CCCC1c1ncc(-c2ccc(Br)c3ccccc23)[nH]1. The number of benzene rings is 2. The van der Waals surface area contributed by atoms with Crippen LogP contribution in [0, 0.1) is 5.92 Å². The Morgan fingerprint density at radius 3 is 2.68 bits per heavy atom. The Balaban J connectivity index is 1.64. The van der Waals surface area contributed by atoms with E-state index >= 15 is 0 Å². The van der Waals surface area contributed by atoms with Crippen molar-refractivity contribution < 1.29 is 14.7 Å². The van der Waals surface area contributed by atoms with E-state index in [0.717, 1.165) is 45.2 Å². The summed E-state index contributed by atoms with van der Waals surface area (Å²) in [5.74, 6) is 0.378. The van der Waals surface area contributed by atoms with Gasteiger partial charge in [0.05, 0.1) is 17.9 Å². The molecule has 162 valence electrons. The van der Waals surface area contributed by atoms with Crippen LogP contribution in [0.5, 0.6) is 0 Å². The molecule has 0 bridgehead atoms. The summed E-state index contributed by atoms with van der Waals surface area (Å²) >= 11 is 3.61. The number of aromatic nitrogens is 2. The van der Waals surface area contributed by atoms with E-state index in [1.165, 1.54) is 0 Å². The standard InChI is InChI=1S/C23H25BrN4O3/c1-13(2)20(27-23(30)31)22(29)28-11-5-8-19(28)21-25-12-18(26-21)16-9-10-17(24)15-7-4-3-6-14(15)16/h3-4,6-7,9-10,12-13,19-20,27H,5,8,11H2,1-2H3,(H,25,26)(H,30,31). The van der Waals surface area contributed by atoms with Crippen LogP contribution in [0.3, 0.4) is 0 Å². The van der Waals surface area contributed by atoms with Crippen LogP contribution in [-0.2, 0) is 4.79 Å². The summed E-state index contributed by atoms with van der Waals surface area (Å²) in [5.41, 5.74) is 1.93. The fourth-order valence-corrected chi connectivity index (χ4v) is 4.76. The first-order valence-corrected chi connectivity index (χ1v) is 11.2. The molecule has 2 atom stereocenters. The molecule has 3 N–H and O–H groups in total. The lowest BCUT2D eigenvalue weighted by molar-refractivity contribution is -0.135.